The number of nitrogens with zero attached hydrogens (tertiary/aromatic N) is 4. The van der Waals surface area contributed by atoms with Crippen LogP contribution in [0.15, 0.2) is 67.3 Å². The lowest BCUT2D eigenvalue weighted by atomic mass is 10.1. The van der Waals surface area contributed by atoms with Gasteiger partial charge in [-0.05, 0) is 22.3 Å². The Bertz CT molecular complexity index is 875. The van der Waals surface area contributed by atoms with E-state index in [1.54, 1.807) is 6.33 Å². The maximum Gasteiger partial charge on any atom is 0.115 e. The van der Waals surface area contributed by atoms with Crippen molar-refractivity contribution in [2.24, 2.45) is 0 Å². The van der Waals surface area contributed by atoms with E-state index in [4.69, 9.17) is 0 Å². The molecule has 0 amide bonds. The summed E-state index contributed by atoms with van der Waals surface area (Å²) in [6.07, 6.45) is 5.24. The number of aromatic nitrogens is 2. The summed E-state index contributed by atoms with van der Waals surface area (Å²) in [5, 5.41) is 9.51. The summed E-state index contributed by atoms with van der Waals surface area (Å²) in [6.45, 7) is 6.25. The van der Waals surface area contributed by atoms with Gasteiger partial charge < -0.3 is 5.11 Å². The van der Waals surface area contributed by atoms with Crippen LogP contribution in [-0.4, -0.2) is 51.1 Å². The molecule has 1 aromatic heterocycles. The third-order valence-corrected chi connectivity index (χ3v) is 5.40. The van der Waals surface area contributed by atoms with E-state index in [9.17, 15) is 5.11 Å². The Kier molecular flexibility index (Phi) is 6.07. The van der Waals surface area contributed by atoms with E-state index in [-0.39, 0.29) is 6.61 Å². The molecule has 3 aromatic rings. The Morgan fingerprint density at radius 3 is 1.96 bits per heavy atom. The number of piperazine rings is 1. The quantitative estimate of drug-likeness (QED) is 0.719. The first-order valence-electron chi connectivity index (χ1n) is 9.78. The van der Waals surface area contributed by atoms with Gasteiger partial charge in [0.1, 0.15) is 6.33 Å². The maximum absolute atomic E-state index is 9.51. The molecule has 1 aliphatic rings. The highest BCUT2D eigenvalue weighted by atomic mass is 16.3. The molecule has 0 spiro atoms. The molecule has 4 rings (SSSR count). The summed E-state index contributed by atoms with van der Waals surface area (Å²) in [7, 11) is 0. The molecule has 144 valence electrons. The van der Waals surface area contributed by atoms with Gasteiger partial charge in [-0.1, -0.05) is 48.5 Å². The van der Waals surface area contributed by atoms with Gasteiger partial charge in [0.05, 0.1) is 6.61 Å². The largest absolute Gasteiger partial charge is 0.392 e. The molecule has 0 unspecified atom stereocenters. The fourth-order valence-corrected chi connectivity index (χ4v) is 3.72. The Hall–Kier alpha value is -2.60. The van der Waals surface area contributed by atoms with E-state index >= 15 is 0 Å². The zero-order valence-electron chi connectivity index (χ0n) is 16.0. The molecular weight excluding hydrogens is 348 g/mol. The van der Waals surface area contributed by atoms with Crippen molar-refractivity contribution in [3.05, 3.63) is 83.9 Å². The van der Waals surface area contributed by atoms with Crippen molar-refractivity contribution in [2.45, 2.75) is 19.7 Å². The lowest BCUT2D eigenvalue weighted by molar-refractivity contribution is 0.121. The molecule has 1 fully saturated rings. The zero-order chi connectivity index (χ0) is 19.2. The highest BCUT2D eigenvalue weighted by Crippen LogP contribution is 2.19. The van der Waals surface area contributed by atoms with Crippen LogP contribution in [0, 0.1) is 0 Å². The van der Waals surface area contributed by atoms with Gasteiger partial charge in [0.2, 0.25) is 0 Å². The molecule has 2 aromatic carbocycles. The van der Waals surface area contributed by atoms with E-state index < -0.39 is 0 Å². The molecule has 5 nitrogen and oxygen atoms in total. The van der Waals surface area contributed by atoms with Gasteiger partial charge in [0.15, 0.2) is 0 Å². The molecule has 5 heteroatoms. The number of hydrogen-bond acceptors (Lipinski definition) is 5. The van der Waals surface area contributed by atoms with Crippen LogP contribution in [0.4, 0.5) is 0 Å². The summed E-state index contributed by atoms with van der Waals surface area (Å²) in [6, 6.07) is 16.9. The lowest BCUT2D eigenvalue weighted by Gasteiger charge is -2.35. The Morgan fingerprint density at radius 2 is 1.32 bits per heavy atom. The van der Waals surface area contributed by atoms with Crippen molar-refractivity contribution in [1.29, 1.82) is 0 Å². The van der Waals surface area contributed by atoms with Crippen LogP contribution in [0.25, 0.3) is 11.1 Å². The van der Waals surface area contributed by atoms with Crippen molar-refractivity contribution in [3.8, 4) is 11.1 Å². The highest BCUT2D eigenvalue weighted by Gasteiger charge is 2.18. The SMILES string of the molecule is OCc1ccccc1CN1CCN(Cc2ccc(-c3cncnc3)cc2)CC1. The number of benzene rings is 2. The summed E-state index contributed by atoms with van der Waals surface area (Å²) >= 11 is 0. The molecule has 0 saturated carbocycles. The van der Waals surface area contributed by atoms with Crippen molar-refractivity contribution in [1.82, 2.24) is 19.8 Å². The average molecular weight is 374 g/mol. The first kappa shape index (κ1) is 18.7. The van der Waals surface area contributed by atoms with Crippen LogP contribution in [-0.2, 0) is 19.7 Å². The monoisotopic (exact) mass is 374 g/mol. The molecule has 2 heterocycles. The zero-order valence-corrected chi connectivity index (χ0v) is 16.0. The van der Waals surface area contributed by atoms with Crippen molar-refractivity contribution in [3.63, 3.8) is 0 Å². The lowest BCUT2D eigenvalue weighted by Crippen LogP contribution is -2.45. The normalized spacial score (nSPS) is 15.6. The van der Waals surface area contributed by atoms with Gasteiger partial charge in [-0.25, -0.2) is 9.97 Å². The maximum atomic E-state index is 9.51. The van der Waals surface area contributed by atoms with E-state index in [0.717, 1.165) is 56.0 Å². The molecule has 1 aliphatic heterocycles. The summed E-state index contributed by atoms with van der Waals surface area (Å²) in [4.78, 5) is 13.2. The Labute approximate surface area is 166 Å². The smallest absolute Gasteiger partial charge is 0.115 e. The van der Waals surface area contributed by atoms with Gasteiger partial charge in [-0.15, -0.1) is 0 Å². The van der Waals surface area contributed by atoms with Crippen molar-refractivity contribution >= 4 is 0 Å². The fourth-order valence-electron chi connectivity index (χ4n) is 3.72. The number of aliphatic hydroxyl groups is 1. The number of rotatable bonds is 6. The molecule has 1 saturated heterocycles. The predicted molar refractivity (Wildman–Crippen MR) is 110 cm³/mol. The number of hydrogen-bond donors (Lipinski definition) is 1. The summed E-state index contributed by atoms with van der Waals surface area (Å²) < 4.78 is 0. The summed E-state index contributed by atoms with van der Waals surface area (Å²) in [5.74, 6) is 0. The second-order valence-corrected chi connectivity index (χ2v) is 7.30. The molecule has 0 bridgehead atoms. The molecule has 1 N–H and O–H groups in total. The van der Waals surface area contributed by atoms with Crippen molar-refractivity contribution < 1.29 is 5.11 Å². The number of aliphatic hydroxyl groups excluding tert-OH is 1. The third-order valence-electron chi connectivity index (χ3n) is 5.40. The first-order valence-corrected chi connectivity index (χ1v) is 9.78. The van der Waals surface area contributed by atoms with Crippen LogP contribution in [0.2, 0.25) is 0 Å². The van der Waals surface area contributed by atoms with E-state index in [1.807, 2.05) is 24.5 Å². The average Bonchev–Trinajstić information content (AvgIpc) is 2.77. The first-order chi connectivity index (χ1) is 13.8. The second-order valence-electron chi connectivity index (χ2n) is 7.30. The molecule has 0 aliphatic carbocycles. The molecule has 28 heavy (non-hydrogen) atoms. The Morgan fingerprint density at radius 1 is 0.714 bits per heavy atom. The van der Waals surface area contributed by atoms with Gasteiger partial charge in [0.25, 0.3) is 0 Å². The van der Waals surface area contributed by atoms with Gasteiger partial charge >= 0.3 is 0 Å². The van der Waals surface area contributed by atoms with Crippen LogP contribution in [0.3, 0.4) is 0 Å². The molecular formula is C23H26N4O. The topological polar surface area (TPSA) is 52.5 Å². The van der Waals surface area contributed by atoms with Crippen molar-refractivity contribution in [2.75, 3.05) is 26.2 Å². The standard InChI is InChI=1S/C23H26N4O/c28-17-22-4-2-1-3-21(22)16-27-11-9-26(10-12-27)15-19-5-7-20(8-6-19)23-13-24-18-25-14-23/h1-8,13-14,18,28H,9-12,15-17H2. The molecule has 0 radical (unpaired) electrons. The van der Waals surface area contributed by atoms with Crippen LogP contribution >= 0.6 is 0 Å². The van der Waals surface area contributed by atoms with Gasteiger partial charge in [0, 0.05) is 57.2 Å². The van der Waals surface area contributed by atoms with E-state index in [2.05, 4.69) is 56.2 Å². The fraction of sp³-hybridized carbons (Fsp3) is 0.304. The van der Waals surface area contributed by atoms with Gasteiger partial charge in [-0.2, -0.15) is 0 Å². The minimum Gasteiger partial charge on any atom is -0.392 e. The predicted octanol–water partition coefficient (Wildman–Crippen LogP) is 2.95. The van der Waals surface area contributed by atoms with Crippen LogP contribution in [0.5, 0.6) is 0 Å². The second kappa shape index (κ2) is 9.06. The highest BCUT2D eigenvalue weighted by molar-refractivity contribution is 5.61. The minimum absolute atomic E-state index is 0.112. The minimum atomic E-state index is 0.112. The van der Waals surface area contributed by atoms with Crippen LogP contribution in [0.1, 0.15) is 16.7 Å². The molecule has 0 atom stereocenters. The van der Waals surface area contributed by atoms with E-state index in [1.165, 1.54) is 11.1 Å². The van der Waals surface area contributed by atoms with Gasteiger partial charge in [-0.3, -0.25) is 9.80 Å². The summed E-state index contributed by atoms with van der Waals surface area (Å²) in [5.41, 5.74) is 5.80. The van der Waals surface area contributed by atoms with Crippen LogP contribution < -0.4 is 0 Å². The Balaban J connectivity index is 1.30. The third kappa shape index (κ3) is 4.62. The van der Waals surface area contributed by atoms with E-state index in [0.29, 0.717) is 0 Å².